The fourth-order valence-electron chi connectivity index (χ4n) is 9.71. The number of ether oxygens (including phenoxy) is 1. The van der Waals surface area contributed by atoms with Crippen LogP contribution in [0.4, 0.5) is 13.2 Å². The van der Waals surface area contributed by atoms with Crippen LogP contribution in [0.15, 0.2) is 54.1 Å². The number of fused-ring (bicyclic) bond motifs is 7. The van der Waals surface area contributed by atoms with Gasteiger partial charge in [0.15, 0.2) is 11.5 Å². The lowest BCUT2D eigenvalue weighted by molar-refractivity contribution is -0.218. The van der Waals surface area contributed by atoms with E-state index in [4.69, 9.17) is 4.74 Å². The lowest BCUT2D eigenvalue weighted by atomic mass is 9.43. The van der Waals surface area contributed by atoms with Gasteiger partial charge < -0.3 is 14.7 Å². The second-order valence-electron chi connectivity index (χ2n) is 13.1. The number of alkyl halides is 3. The Morgan fingerprint density at radius 3 is 2.65 bits per heavy atom. The smallest absolute Gasteiger partial charge is 0.316 e. The van der Waals surface area contributed by atoms with Gasteiger partial charge in [-0.3, -0.25) is 9.59 Å². The fourth-order valence-corrected chi connectivity index (χ4v) is 9.71. The topological polar surface area (TPSA) is 66.8 Å². The van der Waals surface area contributed by atoms with Crippen LogP contribution < -0.4 is 0 Å². The first-order valence-electron chi connectivity index (χ1n) is 14.5. The van der Waals surface area contributed by atoms with Crippen molar-refractivity contribution in [2.75, 3.05) is 26.5 Å². The maximum atomic E-state index is 17.5. The quantitative estimate of drug-likeness (QED) is 0.503. The van der Waals surface area contributed by atoms with Crippen LogP contribution in [0.1, 0.15) is 45.1 Å². The van der Waals surface area contributed by atoms with Gasteiger partial charge in [-0.15, -0.1) is 0 Å². The van der Waals surface area contributed by atoms with E-state index in [0.29, 0.717) is 19.5 Å². The van der Waals surface area contributed by atoms with E-state index in [1.807, 2.05) is 25.1 Å². The lowest BCUT2D eigenvalue weighted by Crippen LogP contribution is -2.69. The van der Waals surface area contributed by atoms with Gasteiger partial charge >= 0.3 is 5.97 Å². The monoisotopic (exact) mass is 557 g/mol. The van der Waals surface area contributed by atoms with Crippen LogP contribution in [0, 0.1) is 34.0 Å². The average molecular weight is 558 g/mol. The van der Waals surface area contributed by atoms with E-state index < -0.39 is 58.9 Å². The maximum absolute atomic E-state index is 17.5. The molecule has 9 atom stereocenters. The number of likely N-dealkylation sites (tertiary alicyclic amines) is 1. The Bertz CT molecular complexity index is 1250. The fraction of sp³-hybridized carbons (Fsp3) is 0.625. The average Bonchev–Trinajstić information content (AvgIpc) is 3.40. The van der Waals surface area contributed by atoms with Crippen LogP contribution in [0.5, 0.6) is 0 Å². The Labute approximate surface area is 233 Å². The molecule has 9 unspecified atom stereocenters. The number of rotatable bonds is 6. The third kappa shape index (κ3) is 3.60. The minimum absolute atomic E-state index is 0.0258. The third-order valence-electron chi connectivity index (χ3n) is 11.6. The van der Waals surface area contributed by atoms with Gasteiger partial charge in [0.05, 0.1) is 11.5 Å². The third-order valence-corrected chi connectivity index (χ3v) is 11.6. The number of nitrogens with zero attached hydrogens (tertiary/aromatic N) is 1. The van der Waals surface area contributed by atoms with Crippen molar-refractivity contribution in [3.05, 3.63) is 59.7 Å². The van der Waals surface area contributed by atoms with Gasteiger partial charge in [-0.2, -0.15) is 0 Å². The van der Waals surface area contributed by atoms with E-state index in [1.165, 1.54) is 23.8 Å². The number of ketones is 1. The number of carbonyl (C=O) groups excluding carboxylic acids is 2. The summed E-state index contributed by atoms with van der Waals surface area (Å²) < 4.78 is 51.7. The molecule has 1 heterocycles. The Balaban J connectivity index is 1.32. The molecule has 1 N–H and O–H groups in total. The predicted molar refractivity (Wildman–Crippen MR) is 143 cm³/mol. The number of aliphatic hydroxyl groups excluding tert-OH is 1. The first-order valence-corrected chi connectivity index (χ1v) is 14.5. The standard InChI is InChI=1S/C32H38F3NO4/c1-29-11-10-22(37)14-25(29)26(34)15-24-23-13-21-17-36(12-6-9-20-7-4-3-5-8-20)18-31(21,28(39)40-19-33)30(23,2)16-27(38)32(24,29)35/h3-5,7-8,10-11,14,21,23-24,26-27,38H,6,9,12-13,15-19H2,1-2H3. The van der Waals surface area contributed by atoms with Crippen LogP contribution in [-0.2, 0) is 20.7 Å². The van der Waals surface area contributed by atoms with E-state index in [2.05, 4.69) is 17.0 Å². The van der Waals surface area contributed by atoms with E-state index in [0.717, 1.165) is 19.4 Å². The number of halogens is 3. The summed E-state index contributed by atoms with van der Waals surface area (Å²) in [6, 6.07) is 10.2. The molecule has 0 radical (unpaired) electrons. The molecule has 5 nitrogen and oxygen atoms in total. The van der Waals surface area contributed by atoms with Crippen LogP contribution >= 0.6 is 0 Å². The Kier molecular flexibility index (Phi) is 6.61. The summed E-state index contributed by atoms with van der Waals surface area (Å²) in [5, 5.41) is 11.6. The summed E-state index contributed by atoms with van der Waals surface area (Å²) in [7, 11) is 0. The molecule has 1 saturated heterocycles. The molecule has 1 aliphatic heterocycles. The largest absolute Gasteiger partial charge is 0.433 e. The summed E-state index contributed by atoms with van der Waals surface area (Å²) in [4.78, 5) is 28.0. The van der Waals surface area contributed by atoms with E-state index in [1.54, 1.807) is 6.92 Å². The van der Waals surface area contributed by atoms with Crippen molar-refractivity contribution in [3.63, 3.8) is 0 Å². The van der Waals surface area contributed by atoms with Crippen molar-refractivity contribution in [2.45, 2.75) is 63.9 Å². The van der Waals surface area contributed by atoms with Crippen molar-refractivity contribution in [1.29, 1.82) is 0 Å². The van der Waals surface area contributed by atoms with Crippen LogP contribution in [-0.4, -0.2) is 66.2 Å². The van der Waals surface area contributed by atoms with Gasteiger partial charge in [0.1, 0.15) is 6.17 Å². The second kappa shape index (κ2) is 9.55. The Morgan fingerprint density at radius 2 is 1.93 bits per heavy atom. The first kappa shape index (κ1) is 27.7. The molecular formula is C32H38F3NO4. The minimum Gasteiger partial charge on any atom is -0.433 e. The van der Waals surface area contributed by atoms with E-state index >= 15 is 8.78 Å². The molecule has 0 aromatic heterocycles. The molecule has 3 saturated carbocycles. The molecule has 1 aromatic rings. The summed E-state index contributed by atoms with van der Waals surface area (Å²) in [5.74, 6) is -2.53. The SMILES string of the molecule is CC12C=CC(=O)C=C1C(F)CC1C3CC4CN(CCCc5ccccc5)CC4(C(=O)OCF)C3(C)CC(O)C12F. The van der Waals surface area contributed by atoms with Crippen molar-refractivity contribution in [1.82, 2.24) is 4.90 Å². The molecular weight excluding hydrogens is 519 g/mol. The van der Waals surface area contributed by atoms with Crippen molar-refractivity contribution < 1.29 is 32.6 Å². The molecule has 4 aliphatic carbocycles. The van der Waals surface area contributed by atoms with Gasteiger partial charge in [0.25, 0.3) is 0 Å². The maximum Gasteiger partial charge on any atom is 0.316 e. The molecule has 40 heavy (non-hydrogen) atoms. The van der Waals surface area contributed by atoms with Crippen LogP contribution in [0.2, 0.25) is 0 Å². The summed E-state index contributed by atoms with van der Waals surface area (Å²) in [5.41, 5.74) is -4.41. The summed E-state index contributed by atoms with van der Waals surface area (Å²) in [6.07, 6.45) is 2.87. The molecule has 5 aliphatic rings. The number of carbonyl (C=O) groups is 2. The number of hydrogen-bond donors (Lipinski definition) is 1. The van der Waals surface area contributed by atoms with Crippen molar-refractivity contribution in [3.8, 4) is 0 Å². The van der Waals surface area contributed by atoms with Gasteiger partial charge in [-0.1, -0.05) is 43.3 Å². The second-order valence-corrected chi connectivity index (χ2v) is 13.1. The number of esters is 1. The zero-order valence-electron chi connectivity index (χ0n) is 23.1. The highest BCUT2D eigenvalue weighted by atomic mass is 19.1. The highest BCUT2D eigenvalue weighted by Gasteiger charge is 2.78. The molecule has 0 spiro atoms. The molecule has 4 fully saturated rings. The van der Waals surface area contributed by atoms with E-state index in [-0.39, 0.29) is 30.1 Å². The van der Waals surface area contributed by atoms with E-state index in [9.17, 15) is 19.1 Å². The number of hydrogen-bond acceptors (Lipinski definition) is 5. The lowest BCUT2D eigenvalue weighted by Gasteiger charge is -2.63. The molecule has 0 amide bonds. The van der Waals surface area contributed by atoms with Gasteiger partial charge in [-0.25, -0.2) is 13.2 Å². The molecule has 216 valence electrons. The zero-order chi connectivity index (χ0) is 28.5. The molecule has 1 aromatic carbocycles. The minimum atomic E-state index is -2.21. The summed E-state index contributed by atoms with van der Waals surface area (Å²) >= 11 is 0. The van der Waals surface area contributed by atoms with Crippen LogP contribution in [0.3, 0.4) is 0 Å². The number of benzene rings is 1. The highest BCUT2D eigenvalue weighted by Crippen LogP contribution is 2.74. The van der Waals surface area contributed by atoms with Gasteiger partial charge in [-0.05, 0) is 86.1 Å². The van der Waals surface area contributed by atoms with Crippen LogP contribution in [0.25, 0.3) is 0 Å². The number of allylic oxidation sites excluding steroid dienone is 4. The molecule has 0 bridgehead atoms. The molecule has 6 rings (SSSR count). The Hall–Kier alpha value is -2.45. The normalized spacial score (nSPS) is 43.9. The van der Waals surface area contributed by atoms with Gasteiger partial charge in [0, 0.05) is 24.4 Å². The molecule has 8 heteroatoms. The first-order chi connectivity index (χ1) is 19.0. The number of aryl methyl sites for hydroxylation is 1. The van der Waals surface area contributed by atoms with Gasteiger partial charge in [0.2, 0.25) is 6.86 Å². The number of aliphatic hydroxyl groups is 1. The summed E-state index contributed by atoms with van der Waals surface area (Å²) in [6.45, 7) is 3.89. The predicted octanol–water partition coefficient (Wildman–Crippen LogP) is 4.94. The van der Waals surface area contributed by atoms with Crippen molar-refractivity contribution >= 4 is 11.8 Å². The zero-order valence-corrected chi connectivity index (χ0v) is 23.1. The highest BCUT2D eigenvalue weighted by molar-refractivity contribution is 6.01. The van der Waals surface area contributed by atoms with Crippen molar-refractivity contribution in [2.24, 2.45) is 34.0 Å². The Morgan fingerprint density at radius 1 is 1.18 bits per heavy atom.